The highest BCUT2D eigenvalue weighted by Crippen LogP contribution is 2.27. The molecule has 0 bridgehead atoms. The van der Waals surface area contributed by atoms with Crippen molar-refractivity contribution in [3.63, 3.8) is 0 Å². The fourth-order valence-corrected chi connectivity index (χ4v) is 5.76. The van der Waals surface area contributed by atoms with Gasteiger partial charge in [-0.3, -0.25) is 14.5 Å². The van der Waals surface area contributed by atoms with Crippen LogP contribution >= 0.6 is 11.3 Å². The van der Waals surface area contributed by atoms with E-state index in [0.29, 0.717) is 32.8 Å². The minimum atomic E-state index is -0.294. The molecule has 2 heterocycles. The van der Waals surface area contributed by atoms with Crippen molar-refractivity contribution in [2.24, 2.45) is 5.92 Å². The van der Waals surface area contributed by atoms with Crippen LogP contribution in [0.15, 0.2) is 36.4 Å². The van der Waals surface area contributed by atoms with Gasteiger partial charge in [0, 0.05) is 48.4 Å². The highest BCUT2D eigenvalue weighted by Gasteiger charge is 2.30. The van der Waals surface area contributed by atoms with Gasteiger partial charge in [-0.2, -0.15) is 0 Å². The highest BCUT2D eigenvalue weighted by atomic mass is 32.1. The summed E-state index contributed by atoms with van der Waals surface area (Å²) in [7, 11) is 0. The van der Waals surface area contributed by atoms with Gasteiger partial charge in [0.05, 0.1) is 26.3 Å². The molecule has 1 aromatic heterocycles. The van der Waals surface area contributed by atoms with Gasteiger partial charge in [-0.05, 0) is 49.6 Å². The van der Waals surface area contributed by atoms with Crippen LogP contribution in [0, 0.1) is 18.7 Å². The van der Waals surface area contributed by atoms with Gasteiger partial charge < -0.3 is 14.5 Å². The summed E-state index contributed by atoms with van der Waals surface area (Å²) in [6.07, 6.45) is 3.98. The Morgan fingerprint density at radius 1 is 1.03 bits per heavy atom. The molecule has 35 heavy (non-hydrogen) atoms. The van der Waals surface area contributed by atoms with Gasteiger partial charge >= 0.3 is 0 Å². The van der Waals surface area contributed by atoms with Crippen molar-refractivity contribution in [3.05, 3.63) is 57.5 Å². The number of aryl methyl sites for hydroxylation is 1. The molecule has 0 spiro atoms. The van der Waals surface area contributed by atoms with Crippen molar-refractivity contribution in [2.45, 2.75) is 45.7 Å². The molecule has 0 unspecified atom stereocenters. The number of thiophene rings is 1. The summed E-state index contributed by atoms with van der Waals surface area (Å²) in [5.74, 6) is -0.235. The third-order valence-electron chi connectivity index (χ3n) is 6.91. The number of carbonyl (C=O) groups excluding carboxylic acids is 2. The second-order valence-corrected chi connectivity index (χ2v) is 11.0. The molecular formula is C27H36FN3O3S. The minimum Gasteiger partial charge on any atom is -0.379 e. The minimum absolute atomic E-state index is 0.0259. The van der Waals surface area contributed by atoms with Crippen molar-refractivity contribution < 1.29 is 18.7 Å². The van der Waals surface area contributed by atoms with E-state index in [1.54, 1.807) is 33.3 Å². The Labute approximate surface area is 211 Å². The largest absolute Gasteiger partial charge is 0.379 e. The lowest BCUT2D eigenvalue weighted by atomic mass is 10.1. The van der Waals surface area contributed by atoms with E-state index in [2.05, 4.69) is 11.0 Å². The standard InChI is InChI=1S/C27H36FN3O3S/c1-21-6-11-25(35-21)19-31(18-22-7-9-24(28)10-8-22)26(32)20-30(27(33)23-4-2-3-5-23)13-12-29-14-16-34-17-15-29/h6-11,23H,2-5,12-20H2,1H3. The monoisotopic (exact) mass is 501 g/mol. The molecule has 6 nitrogen and oxygen atoms in total. The van der Waals surface area contributed by atoms with Crippen LogP contribution in [-0.2, 0) is 27.4 Å². The summed E-state index contributed by atoms with van der Waals surface area (Å²) in [5, 5.41) is 0. The van der Waals surface area contributed by atoms with E-state index < -0.39 is 0 Å². The molecule has 1 aromatic carbocycles. The molecule has 8 heteroatoms. The summed E-state index contributed by atoms with van der Waals surface area (Å²) >= 11 is 1.67. The van der Waals surface area contributed by atoms with Crippen molar-refractivity contribution in [3.8, 4) is 0 Å². The number of ether oxygens (including phenoxy) is 1. The number of rotatable bonds is 10. The number of hydrogen-bond donors (Lipinski definition) is 0. The van der Waals surface area contributed by atoms with Crippen molar-refractivity contribution >= 4 is 23.2 Å². The van der Waals surface area contributed by atoms with Crippen LogP contribution < -0.4 is 0 Å². The van der Waals surface area contributed by atoms with E-state index in [0.717, 1.165) is 55.8 Å². The Bertz CT molecular complexity index is 968. The maximum atomic E-state index is 13.6. The lowest BCUT2D eigenvalue weighted by Crippen LogP contribution is -2.48. The van der Waals surface area contributed by atoms with E-state index in [1.165, 1.54) is 17.0 Å². The zero-order valence-electron chi connectivity index (χ0n) is 20.6. The number of halogens is 1. The Morgan fingerprint density at radius 3 is 2.40 bits per heavy atom. The predicted octanol–water partition coefficient (Wildman–Crippen LogP) is 4.08. The molecule has 1 aliphatic heterocycles. The van der Waals surface area contributed by atoms with Gasteiger partial charge in [-0.1, -0.05) is 25.0 Å². The van der Waals surface area contributed by atoms with Gasteiger partial charge in [-0.15, -0.1) is 11.3 Å². The highest BCUT2D eigenvalue weighted by molar-refractivity contribution is 7.11. The van der Waals surface area contributed by atoms with Gasteiger partial charge in [-0.25, -0.2) is 4.39 Å². The summed E-state index contributed by atoms with van der Waals surface area (Å²) < 4.78 is 18.9. The van der Waals surface area contributed by atoms with Crippen LogP contribution in [0.5, 0.6) is 0 Å². The summed E-state index contributed by atoms with van der Waals surface area (Å²) in [6.45, 7) is 7.40. The first kappa shape index (κ1) is 25.8. The molecule has 1 saturated carbocycles. The zero-order chi connectivity index (χ0) is 24.6. The van der Waals surface area contributed by atoms with Gasteiger partial charge in [0.2, 0.25) is 11.8 Å². The Kier molecular flexibility index (Phi) is 9.29. The smallest absolute Gasteiger partial charge is 0.242 e. The third-order valence-corrected chi connectivity index (χ3v) is 7.90. The zero-order valence-corrected chi connectivity index (χ0v) is 21.4. The normalized spacial score (nSPS) is 17.0. The predicted molar refractivity (Wildman–Crippen MR) is 136 cm³/mol. The number of morpholine rings is 1. The number of amides is 2. The van der Waals surface area contributed by atoms with E-state index >= 15 is 0 Å². The SMILES string of the molecule is Cc1ccc(CN(Cc2ccc(F)cc2)C(=O)CN(CCN2CCOCC2)C(=O)C2CCCC2)s1. The lowest BCUT2D eigenvalue weighted by molar-refractivity contribution is -0.143. The fraction of sp³-hybridized carbons (Fsp3) is 0.556. The molecule has 1 saturated heterocycles. The summed E-state index contributed by atoms with van der Waals surface area (Å²) in [5.41, 5.74) is 0.870. The maximum absolute atomic E-state index is 13.6. The molecule has 4 rings (SSSR count). The van der Waals surface area contributed by atoms with E-state index in [1.807, 2.05) is 13.0 Å². The van der Waals surface area contributed by atoms with Crippen LogP contribution in [0.1, 0.15) is 41.0 Å². The molecule has 0 atom stereocenters. The number of benzene rings is 1. The molecule has 2 amide bonds. The van der Waals surface area contributed by atoms with Crippen LogP contribution in [0.3, 0.4) is 0 Å². The summed E-state index contributed by atoms with van der Waals surface area (Å²) in [4.78, 5) is 35.2. The quantitative estimate of drug-likeness (QED) is 0.493. The van der Waals surface area contributed by atoms with Crippen LogP contribution in [0.4, 0.5) is 4.39 Å². The second kappa shape index (κ2) is 12.6. The molecule has 2 aliphatic rings. The molecule has 0 radical (unpaired) electrons. The van der Waals surface area contributed by atoms with Crippen LogP contribution in [-0.4, -0.2) is 72.5 Å². The summed E-state index contributed by atoms with van der Waals surface area (Å²) in [6, 6.07) is 10.4. The van der Waals surface area contributed by atoms with E-state index in [-0.39, 0.29) is 30.1 Å². The van der Waals surface area contributed by atoms with Gasteiger partial charge in [0.1, 0.15) is 5.82 Å². The first-order valence-corrected chi connectivity index (χ1v) is 13.5. The van der Waals surface area contributed by atoms with E-state index in [9.17, 15) is 14.0 Å². The maximum Gasteiger partial charge on any atom is 0.242 e. The Hall–Kier alpha value is -2.29. The number of carbonyl (C=O) groups is 2. The van der Waals surface area contributed by atoms with Crippen molar-refractivity contribution in [1.82, 2.24) is 14.7 Å². The van der Waals surface area contributed by atoms with Crippen LogP contribution in [0.2, 0.25) is 0 Å². The van der Waals surface area contributed by atoms with E-state index in [4.69, 9.17) is 4.74 Å². The van der Waals surface area contributed by atoms with Crippen LogP contribution in [0.25, 0.3) is 0 Å². The fourth-order valence-electron chi connectivity index (χ4n) is 4.85. The molecule has 2 aromatic rings. The van der Waals surface area contributed by atoms with Gasteiger partial charge in [0.25, 0.3) is 0 Å². The molecule has 1 aliphatic carbocycles. The lowest BCUT2D eigenvalue weighted by Gasteiger charge is -2.32. The van der Waals surface area contributed by atoms with Gasteiger partial charge in [0.15, 0.2) is 0 Å². The van der Waals surface area contributed by atoms with Crippen molar-refractivity contribution in [2.75, 3.05) is 45.9 Å². The molecule has 2 fully saturated rings. The first-order valence-electron chi connectivity index (χ1n) is 12.6. The topological polar surface area (TPSA) is 53.1 Å². The Balaban J connectivity index is 1.47. The molecular weight excluding hydrogens is 465 g/mol. The first-order chi connectivity index (χ1) is 17.0. The average Bonchev–Trinajstić information content (AvgIpc) is 3.55. The second-order valence-electron chi connectivity index (χ2n) is 9.58. The van der Waals surface area contributed by atoms with Crippen molar-refractivity contribution in [1.29, 1.82) is 0 Å². The Morgan fingerprint density at radius 2 is 1.74 bits per heavy atom. The molecule has 0 N–H and O–H groups in total. The molecule has 190 valence electrons. The third kappa shape index (κ3) is 7.59. The number of hydrogen-bond acceptors (Lipinski definition) is 5. The number of nitrogens with zero attached hydrogens (tertiary/aromatic N) is 3. The average molecular weight is 502 g/mol.